The van der Waals surface area contributed by atoms with E-state index in [0.29, 0.717) is 5.69 Å². The van der Waals surface area contributed by atoms with Gasteiger partial charge in [-0.25, -0.2) is 8.42 Å². The lowest BCUT2D eigenvalue weighted by molar-refractivity contribution is -0.114. The summed E-state index contributed by atoms with van der Waals surface area (Å²) in [6, 6.07) is 8.35. The van der Waals surface area contributed by atoms with Crippen molar-refractivity contribution in [2.24, 2.45) is 0 Å². The fourth-order valence-corrected chi connectivity index (χ4v) is 3.39. The quantitative estimate of drug-likeness (QED) is 0.808. The van der Waals surface area contributed by atoms with Crippen molar-refractivity contribution in [1.82, 2.24) is 0 Å². The van der Waals surface area contributed by atoms with Crippen LogP contribution in [0.15, 0.2) is 41.3 Å². The molecule has 9 heteroatoms. The SMILES string of the molecule is CC(=O)Nc1ccc(NS(=O)(=O)c2ccc(Cl)c(Cl)c2)cc1Cl. The smallest absolute Gasteiger partial charge is 0.261 e. The fourth-order valence-electron chi connectivity index (χ4n) is 1.73. The zero-order chi connectivity index (χ0) is 17.2. The van der Waals surface area contributed by atoms with Gasteiger partial charge in [0.05, 0.1) is 31.3 Å². The van der Waals surface area contributed by atoms with Gasteiger partial charge in [0.15, 0.2) is 0 Å². The molecule has 0 aromatic heterocycles. The molecule has 0 saturated heterocycles. The van der Waals surface area contributed by atoms with Crippen LogP contribution in [0.25, 0.3) is 0 Å². The molecule has 2 aromatic carbocycles. The maximum absolute atomic E-state index is 12.3. The standard InChI is InChI=1S/C14H11Cl3N2O3S/c1-8(20)18-14-5-2-9(6-13(14)17)19-23(21,22)10-3-4-11(15)12(16)7-10/h2-7,19H,1H3,(H,18,20). The Morgan fingerprint density at radius 2 is 1.65 bits per heavy atom. The van der Waals surface area contributed by atoms with Crippen LogP contribution >= 0.6 is 34.8 Å². The molecular weight excluding hydrogens is 383 g/mol. The highest BCUT2D eigenvalue weighted by Crippen LogP contribution is 2.29. The second kappa shape index (κ2) is 6.97. The van der Waals surface area contributed by atoms with Gasteiger partial charge in [-0.15, -0.1) is 0 Å². The Hall–Kier alpha value is -1.47. The third-order valence-corrected chi connectivity index (χ3v) is 5.16. The molecule has 0 fully saturated rings. The van der Waals surface area contributed by atoms with E-state index in [1.807, 2.05) is 0 Å². The lowest BCUT2D eigenvalue weighted by Gasteiger charge is -2.11. The molecule has 5 nitrogen and oxygen atoms in total. The molecule has 2 aromatic rings. The monoisotopic (exact) mass is 392 g/mol. The topological polar surface area (TPSA) is 75.3 Å². The second-order valence-corrected chi connectivity index (χ2v) is 7.46. The van der Waals surface area contributed by atoms with Crippen LogP contribution in [0, 0.1) is 0 Å². The van der Waals surface area contributed by atoms with E-state index in [-0.39, 0.29) is 31.6 Å². The summed E-state index contributed by atoms with van der Waals surface area (Å²) in [7, 11) is -3.84. The van der Waals surface area contributed by atoms with E-state index in [1.165, 1.54) is 43.3 Å². The number of anilines is 2. The van der Waals surface area contributed by atoms with Crippen LogP contribution in [-0.2, 0) is 14.8 Å². The third kappa shape index (κ3) is 4.51. The van der Waals surface area contributed by atoms with Crippen LogP contribution in [0.1, 0.15) is 6.92 Å². The third-order valence-electron chi connectivity index (χ3n) is 2.73. The number of nitrogens with one attached hydrogen (secondary N) is 2. The highest BCUT2D eigenvalue weighted by molar-refractivity contribution is 7.92. The zero-order valence-corrected chi connectivity index (χ0v) is 14.8. The summed E-state index contributed by atoms with van der Waals surface area (Å²) in [6.07, 6.45) is 0. The summed E-state index contributed by atoms with van der Waals surface area (Å²) in [6.45, 7) is 1.34. The molecule has 2 N–H and O–H groups in total. The van der Waals surface area contributed by atoms with E-state index in [0.717, 1.165) is 0 Å². The van der Waals surface area contributed by atoms with Gasteiger partial charge in [0.25, 0.3) is 10.0 Å². The molecule has 0 radical (unpaired) electrons. The first-order valence-corrected chi connectivity index (χ1v) is 8.86. The number of sulfonamides is 1. The number of hydrogen-bond donors (Lipinski definition) is 2. The van der Waals surface area contributed by atoms with Crippen molar-refractivity contribution >= 4 is 62.1 Å². The molecule has 0 atom stereocenters. The van der Waals surface area contributed by atoms with Crippen LogP contribution in [0.2, 0.25) is 15.1 Å². The molecule has 2 rings (SSSR count). The van der Waals surface area contributed by atoms with Crippen molar-refractivity contribution in [3.63, 3.8) is 0 Å². The first kappa shape index (κ1) is 17.9. The largest absolute Gasteiger partial charge is 0.325 e. The molecule has 0 bridgehead atoms. The van der Waals surface area contributed by atoms with E-state index in [2.05, 4.69) is 10.0 Å². The number of amides is 1. The van der Waals surface area contributed by atoms with Crippen LogP contribution < -0.4 is 10.0 Å². The molecule has 0 aliphatic carbocycles. The Balaban J connectivity index is 2.28. The van der Waals surface area contributed by atoms with E-state index >= 15 is 0 Å². The average Bonchev–Trinajstić information content (AvgIpc) is 2.44. The Morgan fingerprint density at radius 1 is 0.957 bits per heavy atom. The van der Waals surface area contributed by atoms with E-state index in [9.17, 15) is 13.2 Å². The number of halogens is 3. The summed E-state index contributed by atoms with van der Waals surface area (Å²) in [5, 5.41) is 3.12. The van der Waals surface area contributed by atoms with Crippen molar-refractivity contribution in [1.29, 1.82) is 0 Å². The number of rotatable bonds is 4. The minimum Gasteiger partial charge on any atom is -0.325 e. The molecule has 0 unspecified atom stereocenters. The summed E-state index contributed by atoms with van der Waals surface area (Å²) in [4.78, 5) is 11.0. The van der Waals surface area contributed by atoms with Crippen molar-refractivity contribution in [3.05, 3.63) is 51.5 Å². The van der Waals surface area contributed by atoms with Crippen LogP contribution in [0.5, 0.6) is 0 Å². The van der Waals surface area contributed by atoms with Crippen molar-refractivity contribution in [3.8, 4) is 0 Å². The molecule has 23 heavy (non-hydrogen) atoms. The van der Waals surface area contributed by atoms with Crippen LogP contribution in [0.4, 0.5) is 11.4 Å². The van der Waals surface area contributed by atoms with E-state index in [4.69, 9.17) is 34.8 Å². The van der Waals surface area contributed by atoms with Crippen LogP contribution in [0.3, 0.4) is 0 Å². The van der Waals surface area contributed by atoms with Gasteiger partial charge >= 0.3 is 0 Å². The lowest BCUT2D eigenvalue weighted by Crippen LogP contribution is -2.13. The highest BCUT2D eigenvalue weighted by atomic mass is 35.5. The molecule has 1 amide bonds. The zero-order valence-electron chi connectivity index (χ0n) is 11.7. The minimum atomic E-state index is -3.84. The van der Waals surface area contributed by atoms with Gasteiger partial charge in [0.1, 0.15) is 0 Å². The summed E-state index contributed by atoms with van der Waals surface area (Å²) >= 11 is 17.6. The minimum absolute atomic E-state index is 0.0334. The molecule has 0 saturated carbocycles. The number of benzene rings is 2. The number of carbonyl (C=O) groups excluding carboxylic acids is 1. The molecule has 0 spiro atoms. The first-order valence-electron chi connectivity index (χ1n) is 6.24. The van der Waals surface area contributed by atoms with Gasteiger partial charge < -0.3 is 5.32 Å². The Labute approximate surface area is 148 Å². The first-order chi connectivity index (χ1) is 10.7. The molecule has 122 valence electrons. The Morgan fingerprint density at radius 3 is 2.22 bits per heavy atom. The predicted molar refractivity (Wildman–Crippen MR) is 93.0 cm³/mol. The van der Waals surface area contributed by atoms with Gasteiger partial charge in [-0.3, -0.25) is 9.52 Å². The number of hydrogen-bond acceptors (Lipinski definition) is 3. The van der Waals surface area contributed by atoms with Gasteiger partial charge in [-0.1, -0.05) is 34.8 Å². The molecule has 0 aliphatic rings. The van der Waals surface area contributed by atoms with Crippen molar-refractivity contribution in [2.75, 3.05) is 10.0 Å². The highest BCUT2D eigenvalue weighted by Gasteiger charge is 2.16. The van der Waals surface area contributed by atoms with Gasteiger partial charge in [0.2, 0.25) is 5.91 Å². The van der Waals surface area contributed by atoms with Gasteiger partial charge in [0, 0.05) is 6.92 Å². The maximum Gasteiger partial charge on any atom is 0.261 e. The number of carbonyl (C=O) groups is 1. The van der Waals surface area contributed by atoms with Crippen molar-refractivity contribution in [2.45, 2.75) is 11.8 Å². The maximum atomic E-state index is 12.3. The lowest BCUT2D eigenvalue weighted by atomic mass is 10.3. The van der Waals surface area contributed by atoms with Gasteiger partial charge in [-0.05, 0) is 36.4 Å². The molecule has 0 heterocycles. The van der Waals surface area contributed by atoms with E-state index < -0.39 is 10.0 Å². The predicted octanol–water partition coefficient (Wildman–Crippen LogP) is 4.41. The van der Waals surface area contributed by atoms with Gasteiger partial charge in [-0.2, -0.15) is 0 Å². The Kier molecular flexibility index (Phi) is 5.41. The summed E-state index contributed by atoms with van der Waals surface area (Å²) in [5.74, 6) is -0.281. The van der Waals surface area contributed by atoms with Crippen LogP contribution in [-0.4, -0.2) is 14.3 Å². The average molecular weight is 394 g/mol. The summed E-state index contributed by atoms with van der Waals surface area (Å²) < 4.78 is 27.0. The molecule has 0 aliphatic heterocycles. The molecular formula is C14H11Cl3N2O3S. The normalized spacial score (nSPS) is 11.1. The Bertz CT molecular complexity index is 870. The second-order valence-electron chi connectivity index (χ2n) is 4.56. The fraction of sp³-hybridized carbons (Fsp3) is 0.0714. The van der Waals surface area contributed by atoms with Crippen molar-refractivity contribution < 1.29 is 13.2 Å². The summed E-state index contributed by atoms with van der Waals surface area (Å²) in [5.41, 5.74) is 0.631. The van der Waals surface area contributed by atoms with E-state index in [1.54, 1.807) is 0 Å².